The van der Waals surface area contributed by atoms with Crippen molar-refractivity contribution in [1.82, 2.24) is 9.55 Å². The molecule has 0 atom stereocenters. The maximum absolute atomic E-state index is 11.8. The van der Waals surface area contributed by atoms with Crippen LogP contribution in [0.2, 0.25) is 10.0 Å². The lowest BCUT2D eigenvalue weighted by Gasteiger charge is -2.01. The number of halogens is 2. The van der Waals surface area contributed by atoms with Crippen LogP contribution in [0.3, 0.4) is 0 Å². The van der Waals surface area contributed by atoms with Crippen molar-refractivity contribution < 1.29 is 4.42 Å². The van der Waals surface area contributed by atoms with Crippen LogP contribution in [0, 0.1) is 0 Å². The molecule has 0 radical (unpaired) electrons. The molecule has 0 fully saturated rings. The number of rotatable bonds is 1. The van der Waals surface area contributed by atoms with E-state index in [0.29, 0.717) is 27.0 Å². The molecule has 3 aromatic rings. The minimum absolute atomic E-state index is 0.340. The van der Waals surface area contributed by atoms with Gasteiger partial charge in [-0.05, 0) is 18.2 Å². The van der Waals surface area contributed by atoms with E-state index in [1.54, 1.807) is 30.3 Å². The Labute approximate surface area is 111 Å². The zero-order chi connectivity index (χ0) is 12.7. The van der Waals surface area contributed by atoms with Crippen molar-refractivity contribution in [3.8, 4) is 5.69 Å². The summed E-state index contributed by atoms with van der Waals surface area (Å²) < 4.78 is 6.44. The zero-order valence-electron chi connectivity index (χ0n) is 8.93. The first-order valence-electron chi connectivity index (χ1n) is 5.08. The fraction of sp³-hybridized carbons (Fsp3) is 0. The van der Waals surface area contributed by atoms with Gasteiger partial charge in [0.25, 0.3) is 0 Å². The second-order valence-corrected chi connectivity index (χ2v) is 4.53. The quantitative estimate of drug-likeness (QED) is 0.687. The fourth-order valence-corrected chi connectivity index (χ4v) is 2.06. The summed E-state index contributed by atoms with van der Waals surface area (Å²) in [5.74, 6) is -0.526. The fourth-order valence-electron chi connectivity index (χ4n) is 1.73. The van der Waals surface area contributed by atoms with Crippen LogP contribution in [0.5, 0.6) is 0 Å². The van der Waals surface area contributed by atoms with Gasteiger partial charge in [0.1, 0.15) is 0 Å². The van der Waals surface area contributed by atoms with Gasteiger partial charge in [-0.2, -0.15) is 0 Å². The van der Waals surface area contributed by atoms with Crippen molar-refractivity contribution >= 4 is 34.4 Å². The monoisotopic (exact) mass is 280 g/mol. The number of aromatic nitrogens is 2. The minimum atomic E-state index is -0.526. The van der Waals surface area contributed by atoms with Gasteiger partial charge >= 0.3 is 5.76 Å². The van der Waals surface area contributed by atoms with Gasteiger partial charge in [0.2, 0.25) is 0 Å². The molecular weight excluding hydrogens is 275 g/mol. The SMILES string of the molecule is O=c1oc2cc(Cl)cnc2n1-c1cccc(Cl)c1. The second kappa shape index (κ2) is 4.15. The largest absolute Gasteiger partial charge is 0.425 e. The Hall–Kier alpha value is -1.78. The molecule has 0 spiro atoms. The molecule has 0 unspecified atom stereocenters. The van der Waals surface area contributed by atoms with Crippen LogP contribution in [0.25, 0.3) is 16.9 Å². The highest BCUT2D eigenvalue weighted by atomic mass is 35.5. The van der Waals surface area contributed by atoms with Crippen LogP contribution in [0.4, 0.5) is 0 Å². The Balaban J connectivity index is 2.35. The smallest absolute Gasteiger partial charge is 0.406 e. The maximum atomic E-state index is 11.8. The number of pyridine rings is 1. The molecular formula is C12H6Cl2N2O2. The summed E-state index contributed by atoms with van der Waals surface area (Å²) in [6.07, 6.45) is 1.46. The van der Waals surface area contributed by atoms with Crippen molar-refractivity contribution in [2.75, 3.05) is 0 Å². The molecule has 2 heterocycles. The number of hydrogen-bond donors (Lipinski definition) is 0. The normalized spacial score (nSPS) is 11.0. The van der Waals surface area contributed by atoms with E-state index < -0.39 is 5.76 Å². The van der Waals surface area contributed by atoms with Gasteiger partial charge in [0, 0.05) is 17.3 Å². The molecule has 0 aliphatic carbocycles. The van der Waals surface area contributed by atoms with Crippen molar-refractivity contribution in [2.24, 2.45) is 0 Å². The van der Waals surface area contributed by atoms with E-state index >= 15 is 0 Å². The van der Waals surface area contributed by atoms with E-state index in [9.17, 15) is 4.79 Å². The van der Waals surface area contributed by atoms with E-state index in [4.69, 9.17) is 27.6 Å². The summed E-state index contributed by atoms with van der Waals surface area (Å²) in [7, 11) is 0. The Morgan fingerprint density at radius 2 is 2.00 bits per heavy atom. The standard InChI is InChI=1S/C12H6Cl2N2O2/c13-7-2-1-3-9(4-7)16-11-10(18-12(16)17)5-8(14)6-15-11/h1-6H. The van der Waals surface area contributed by atoms with Crippen molar-refractivity contribution in [3.63, 3.8) is 0 Å². The summed E-state index contributed by atoms with van der Waals surface area (Å²) in [6, 6.07) is 8.43. The highest BCUT2D eigenvalue weighted by molar-refractivity contribution is 6.31. The zero-order valence-corrected chi connectivity index (χ0v) is 10.4. The molecule has 0 aliphatic rings. The van der Waals surface area contributed by atoms with Crippen molar-refractivity contribution in [3.05, 3.63) is 57.1 Å². The number of nitrogens with zero attached hydrogens (tertiary/aromatic N) is 2. The van der Waals surface area contributed by atoms with E-state index in [0.717, 1.165) is 0 Å². The molecule has 0 N–H and O–H groups in total. The van der Waals surface area contributed by atoms with Crippen LogP contribution in [-0.2, 0) is 0 Å². The van der Waals surface area contributed by atoms with Gasteiger partial charge < -0.3 is 4.42 Å². The Kier molecular flexibility index (Phi) is 2.61. The van der Waals surface area contributed by atoms with Gasteiger partial charge in [0.05, 0.1) is 10.7 Å². The van der Waals surface area contributed by atoms with Gasteiger partial charge in [-0.15, -0.1) is 0 Å². The molecule has 0 aliphatic heterocycles. The molecule has 4 nitrogen and oxygen atoms in total. The first-order chi connectivity index (χ1) is 8.65. The molecule has 0 amide bonds. The third-order valence-corrected chi connectivity index (χ3v) is 2.90. The van der Waals surface area contributed by atoms with Crippen molar-refractivity contribution in [2.45, 2.75) is 0 Å². The Morgan fingerprint density at radius 3 is 2.78 bits per heavy atom. The van der Waals surface area contributed by atoms with E-state index in [1.807, 2.05) is 0 Å². The van der Waals surface area contributed by atoms with Gasteiger partial charge in [-0.1, -0.05) is 29.3 Å². The third kappa shape index (κ3) is 1.79. The minimum Gasteiger partial charge on any atom is -0.406 e. The maximum Gasteiger partial charge on any atom is 0.425 e. The van der Waals surface area contributed by atoms with Gasteiger partial charge in [0.15, 0.2) is 11.2 Å². The van der Waals surface area contributed by atoms with Crippen LogP contribution in [-0.4, -0.2) is 9.55 Å². The lowest BCUT2D eigenvalue weighted by molar-refractivity contribution is 0.540. The molecule has 3 rings (SSSR count). The average molecular weight is 281 g/mol. The molecule has 18 heavy (non-hydrogen) atoms. The Bertz CT molecular complexity index is 792. The predicted molar refractivity (Wildman–Crippen MR) is 69.6 cm³/mol. The summed E-state index contributed by atoms with van der Waals surface area (Å²) in [5, 5.41) is 0.942. The molecule has 0 saturated carbocycles. The number of oxazole rings is 1. The van der Waals surface area contributed by atoms with Crippen LogP contribution < -0.4 is 5.76 Å². The van der Waals surface area contributed by atoms with Crippen LogP contribution >= 0.6 is 23.2 Å². The molecule has 90 valence electrons. The highest BCUT2D eigenvalue weighted by Gasteiger charge is 2.12. The molecule has 1 aromatic carbocycles. The van der Waals surface area contributed by atoms with Gasteiger partial charge in [-0.3, -0.25) is 0 Å². The molecule has 0 saturated heterocycles. The van der Waals surface area contributed by atoms with Gasteiger partial charge in [-0.25, -0.2) is 14.3 Å². The molecule has 0 bridgehead atoms. The number of benzene rings is 1. The number of fused-ring (bicyclic) bond motifs is 1. The molecule has 2 aromatic heterocycles. The molecule has 6 heteroatoms. The summed E-state index contributed by atoms with van der Waals surface area (Å²) in [5.41, 5.74) is 1.35. The summed E-state index contributed by atoms with van der Waals surface area (Å²) >= 11 is 11.7. The number of hydrogen-bond acceptors (Lipinski definition) is 3. The van der Waals surface area contributed by atoms with E-state index in [-0.39, 0.29) is 0 Å². The van der Waals surface area contributed by atoms with Crippen molar-refractivity contribution in [1.29, 1.82) is 0 Å². The second-order valence-electron chi connectivity index (χ2n) is 3.66. The Morgan fingerprint density at radius 1 is 1.17 bits per heavy atom. The first kappa shape index (κ1) is 11.3. The summed E-state index contributed by atoms with van der Waals surface area (Å²) in [4.78, 5) is 15.9. The van der Waals surface area contributed by atoms with E-state index in [2.05, 4.69) is 4.98 Å². The van der Waals surface area contributed by atoms with E-state index in [1.165, 1.54) is 10.8 Å². The first-order valence-corrected chi connectivity index (χ1v) is 5.84. The van der Waals surface area contributed by atoms with Crippen LogP contribution in [0.15, 0.2) is 45.7 Å². The highest BCUT2D eigenvalue weighted by Crippen LogP contribution is 2.20. The predicted octanol–water partition coefficient (Wildman–Crippen LogP) is 3.29. The average Bonchev–Trinajstić information content (AvgIpc) is 2.64. The topological polar surface area (TPSA) is 48.0 Å². The lowest BCUT2D eigenvalue weighted by Crippen LogP contribution is -2.12. The van der Waals surface area contributed by atoms with Crippen LogP contribution in [0.1, 0.15) is 0 Å². The third-order valence-electron chi connectivity index (χ3n) is 2.46. The summed E-state index contributed by atoms with van der Waals surface area (Å²) in [6.45, 7) is 0. The lowest BCUT2D eigenvalue weighted by atomic mass is 10.3.